The highest BCUT2D eigenvalue weighted by Crippen LogP contribution is 2.25. The Bertz CT molecular complexity index is 497. The maximum Gasteiger partial charge on any atom is 0.148 e. The number of benzene rings is 2. The van der Waals surface area contributed by atoms with Gasteiger partial charge in [-0.2, -0.15) is 0 Å². The highest BCUT2D eigenvalue weighted by molar-refractivity contribution is 6.30. The van der Waals surface area contributed by atoms with Crippen molar-refractivity contribution < 1.29 is 4.39 Å². The van der Waals surface area contributed by atoms with Crippen LogP contribution in [0, 0.1) is 5.82 Å². The zero-order valence-corrected chi connectivity index (χ0v) is 9.13. The molecule has 0 bridgehead atoms. The molecule has 0 spiro atoms. The van der Waals surface area contributed by atoms with Crippen LogP contribution in [-0.4, -0.2) is 0 Å². The first kappa shape index (κ1) is 10.8. The second-order valence-electron chi connectivity index (χ2n) is 3.33. The molecular weight excluding hydrogens is 227 g/mol. The fourth-order valence-electron chi connectivity index (χ4n) is 1.33. The summed E-state index contributed by atoms with van der Waals surface area (Å²) in [7, 11) is 0. The van der Waals surface area contributed by atoms with Crippen molar-refractivity contribution in [2.24, 2.45) is 0 Å². The van der Waals surface area contributed by atoms with Gasteiger partial charge in [-0.25, -0.2) is 4.39 Å². The maximum atomic E-state index is 13.2. The van der Waals surface area contributed by atoms with E-state index >= 15 is 0 Å². The highest BCUT2D eigenvalue weighted by atomic mass is 35.5. The molecule has 2 nitrogen and oxygen atoms in total. The summed E-state index contributed by atoms with van der Waals surface area (Å²) < 4.78 is 13.2. The van der Waals surface area contributed by atoms with E-state index < -0.39 is 5.82 Å². The first-order valence-electron chi connectivity index (χ1n) is 4.73. The lowest BCUT2D eigenvalue weighted by atomic mass is 10.2. The van der Waals surface area contributed by atoms with Crippen LogP contribution in [0.4, 0.5) is 21.5 Å². The van der Waals surface area contributed by atoms with Crippen molar-refractivity contribution in [3.63, 3.8) is 0 Å². The number of nitrogens with two attached hydrogens (primary N) is 1. The first-order valence-corrected chi connectivity index (χ1v) is 5.11. The number of hydrogen-bond donors (Lipinski definition) is 2. The van der Waals surface area contributed by atoms with Crippen LogP contribution in [0.2, 0.25) is 5.02 Å². The third-order valence-electron chi connectivity index (χ3n) is 2.18. The zero-order valence-electron chi connectivity index (χ0n) is 8.37. The fourth-order valence-corrected chi connectivity index (χ4v) is 1.46. The quantitative estimate of drug-likeness (QED) is 0.779. The average molecular weight is 237 g/mol. The van der Waals surface area contributed by atoms with Gasteiger partial charge in [0, 0.05) is 10.7 Å². The van der Waals surface area contributed by atoms with Gasteiger partial charge in [0.25, 0.3) is 0 Å². The number of halogens is 2. The van der Waals surface area contributed by atoms with Gasteiger partial charge < -0.3 is 11.1 Å². The van der Waals surface area contributed by atoms with E-state index in [1.807, 2.05) is 0 Å². The van der Waals surface area contributed by atoms with E-state index in [1.165, 1.54) is 6.07 Å². The van der Waals surface area contributed by atoms with Gasteiger partial charge in [0.1, 0.15) is 5.82 Å². The Morgan fingerprint density at radius 1 is 1.06 bits per heavy atom. The summed E-state index contributed by atoms with van der Waals surface area (Å²) in [5.41, 5.74) is 7.06. The van der Waals surface area contributed by atoms with Crippen LogP contribution in [0.5, 0.6) is 0 Å². The van der Waals surface area contributed by atoms with Gasteiger partial charge in [-0.1, -0.05) is 17.7 Å². The van der Waals surface area contributed by atoms with Gasteiger partial charge in [0.15, 0.2) is 0 Å². The number of rotatable bonds is 2. The predicted molar refractivity (Wildman–Crippen MR) is 65.5 cm³/mol. The normalized spacial score (nSPS) is 10.1. The molecule has 0 aliphatic rings. The highest BCUT2D eigenvalue weighted by Gasteiger charge is 2.03. The Labute approximate surface area is 97.8 Å². The smallest absolute Gasteiger partial charge is 0.148 e. The molecular formula is C12H10ClFN2. The number of para-hydroxylation sites is 1. The topological polar surface area (TPSA) is 38.0 Å². The van der Waals surface area contributed by atoms with Crippen molar-refractivity contribution in [1.29, 1.82) is 0 Å². The van der Waals surface area contributed by atoms with E-state index in [0.29, 0.717) is 10.7 Å². The minimum absolute atomic E-state index is 0.109. The predicted octanol–water partition coefficient (Wildman–Crippen LogP) is 3.80. The average Bonchev–Trinajstić information content (AvgIpc) is 2.28. The van der Waals surface area contributed by atoms with Crippen LogP contribution in [0.3, 0.4) is 0 Å². The molecule has 2 aromatic rings. The van der Waals surface area contributed by atoms with Crippen molar-refractivity contribution in [3.05, 3.63) is 53.3 Å². The monoisotopic (exact) mass is 236 g/mol. The molecule has 16 heavy (non-hydrogen) atoms. The Hall–Kier alpha value is -1.74. The Morgan fingerprint density at radius 2 is 1.75 bits per heavy atom. The van der Waals surface area contributed by atoms with Gasteiger partial charge in [-0.3, -0.25) is 0 Å². The summed E-state index contributed by atoms with van der Waals surface area (Å²) in [6.45, 7) is 0. The molecule has 0 atom stereocenters. The van der Waals surface area contributed by atoms with Gasteiger partial charge in [0.05, 0.1) is 11.4 Å². The molecule has 4 heteroatoms. The summed E-state index contributed by atoms with van der Waals surface area (Å²) in [4.78, 5) is 0. The van der Waals surface area contributed by atoms with Crippen molar-refractivity contribution in [2.75, 3.05) is 11.1 Å². The Balaban J connectivity index is 2.27. The van der Waals surface area contributed by atoms with Crippen LogP contribution >= 0.6 is 11.6 Å². The molecule has 0 fully saturated rings. The van der Waals surface area contributed by atoms with E-state index in [2.05, 4.69) is 5.32 Å². The molecule has 0 amide bonds. The zero-order chi connectivity index (χ0) is 11.5. The van der Waals surface area contributed by atoms with Gasteiger partial charge in [-0.15, -0.1) is 0 Å². The second kappa shape index (κ2) is 4.41. The van der Waals surface area contributed by atoms with Crippen molar-refractivity contribution >= 4 is 28.7 Å². The van der Waals surface area contributed by atoms with Gasteiger partial charge in [0.2, 0.25) is 0 Å². The largest absolute Gasteiger partial charge is 0.395 e. The van der Waals surface area contributed by atoms with Gasteiger partial charge in [-0.05, 0) is 36.4 Å². The molecule has 0 saturated heterocycles. The van der Waals surface area contributed by atoms with Crippen LogP contribution < -0.4 is 11.1 Å². The molecule has 0 unspecified atom stereocenters. The van der Waals surface area contributed by atoms with Crippen LogP contribution in [-0.2, 0) is 0 Å². The lowest BCUT2D eigenvalue weighted by Gasteiger charge is -2.09. The Kier molecular flexibility index (Phi) is 2.97. The van der Waals surface area contributed by atoms with E-state index in [9.17, 15) is 4.39 Å². The minimum Gasteiger partial charge on any atom is -0.395 e. The lowest BCUT2D eigenvalue weighted by Crippen LogP contribution is -1.98. The second-order valence-corrected chi connectivity index (χ2v) is 3.77. The SMILES string of the molecule is Nc1c(F)cccc1Nc1ccc(Cl)cc1. The summed E-state index contributed by atoms with van der Waals surface area (Å²) in [6, 6.07) is 11.7. The van der Waals surface area contributed by atoms with Gasteiger partial charge >= 0.3 is 0 Å². The molecule has 0 aromatic heterocycles. The van der Waals surface area contributed by atoms with Crippen LogP contribution in [0.1, 0.15) is 0 Å². The molecule has 0 aliphatic carbocycles. The summed E-state index contributed by atoms with van der Waals surface area (Å²) in [5, 5.41) is 3.67. The van der Waals surface area contributed by atoms with Crippen molar-refractivity contribution in [1.82, 2.24) is 0 Å². The lowest BCUT2D eigenvalue weighted by molar-refractivity contribution is 0.633. The third kappa shape index (κ3) is 2.25. The molecule has 0 saturated carbocycles. The third-order valence-corrected chi connectivity index (χ3v) is 2.43. The molecule has 2 aromatic carbocycles. The Morgan fingerprint density at radius 3 is 2.44 bits per heavy atom. The van der Waals surface area contributed by atoms with E-state index in [0.717, 1.165) is 5.69 Å². The fraction of sp³-hybridized carbons (Fsp3) is 0. The molecule has 0 radical (unpaired) electrons. The molecule has 0 aliphatic heterocycles. The van der Waals surface area contributed by atoms with Crippen molar-refractivity contribution in [2.45, 2.75) is 0 Å². The summed E-state index contributed by atoms with van der Waals surface area (Å²) in [5.74, 6) is -0.432. The van der Waals surface area contributed by atoms with E-state index in [4.69, 9.17) is 17.3 Å². The van der Waals surface area contributed by atoms with E-state index in [-0.39, 0.29) is 5.69 Å². The maximum absolute atomic E-state index is 13.2. The summed E-state index contributed by atoms with van der Waals surface area (Å²) in [6.07, 6.45) is 0. The number of nitrogen functional groups attached to an aromatic ring is 1. The minimum atomic E-state index is -0.432. The van der Waals surface area contributed by atoms with E-state index in [1.54, 1.807) is 36.4 Å². The molecule has 82 valence electrons. The standard InChI is InChI=1S/C12H10ClFN2/c13-8-4-6-9(7-5-8)16-11-3-1-2-10(14)12(11)15/h1-7,16H,15H2. The first-order chi connectivity index (χ1) is 7.66. The van der Waals surface area contributed by atoms with Crippen molar-refractivity contribution in [3.8, 4) is 0 Å². The molecule has 3 N–H and O–H groups in total. The van der Waals surface area contributed by atoms with Crippen LogP contribution in [0.15, 0.2) is 42.5 Å². The number of hydrogen-bond acceptors (Lipinski definition) is 2. The number of nitrogens with one attached hydrogen (secondary N) is 1. The van der Waals surface area contributed by atoms with Crippen LogP contribution in [0.25, 0.3) is 0 Å². The number of anilines is 3. The molecule has 2 rings (SSSR count). The molecule has 0 heterocycles. The summed E-state index contributed by atoms with van der Waals surface area (Å²) >= 11 is 5.76.